The second kappa shape index (κ2) is 12.4. The molecule has 0 atom stereocenters. The van der Waals surface area contributed by atoms with Gasteiger partial charge in [0.25, 0.3) is 11.8 Å². The second-order valence-electron chi connectivity index (χ2n) is 10.6. The first-order chi connectivity index (χ1) is 19.5. The van der Waals surface area contributed by atoms with Crippen LogP contribution in [0.4, 0.5) is 10.5 Å². The van der Waals surface area contributed by atoms with Gasteiger partial charge in [-0.2, -0.15) is 0 Å². The summed E-state index contributed by atoms with van der Waals surface area (Å²) in [7, 11) is 0. The van der Waals surface area contributed by atoms with Crippen LogP contribution >= 0.6 is 11.6 Å². The third kappa shape index (κ3) is 6.87. The van der Waals surface area contributed by atoms with E-state index in [1.807, 2.05) is 37.3 Å². The van der Waals surface area contributed by atoms with Crippen LogP contribution in [0.15, 0.2) is 78.9 Å². The summed E-state index contributed by atoms with van der Waals surface area (Å²) < 4.78 is 12.1. The molecular formula is C33H33ClN2O5. The Balaban J connectivity index is 1.69. The van der Waals surface area contributed by atoms with E-state index in [2.05, 4.69) is 32.7 Å². The number of hydrogen-bond donors (Lipinski definition) is 1. The minimum atomic E-state index is -0.797. The maximum absolute atomic E-state index is 13.5. The smallest absolute Gasteiger partial charge is 0.335 e. The van der Waals surface area contributed by atoms with Crippen molar-refractivity contribution in [1.82, 2.24) is 5.32 Å². The molecule has 212 valence electrons. The minimum Gasteiger partial charge on any atom is -0.490 e. The number of carbonyl (C=O) groups excluding carboxylic acids is 3. The fraction of sp³-hybridized carbons (Fsp3) is 0.242. The lowest BCUT2D eigenvalue weighted by molar-refractivity contribution is -0.122. The highest BCUT2D eigenvalue weighted by molar-refractivity contribution is 6.39. The molecule has 4 amide bonds. The van der Waals surface area contributed by atoms with Crippen LogP contribution in [-0.4, -0.2) is 24.5 Å². The quantitative estimate of drug-likeness (QED) is 0.169. The van der Waals surface area contributed by atoms with E-state index in [0.29, 0.717) is 40.8 Å². The Morgan fingerprint density at radius 1 is 0.976 bits per heavy atom. The van der Waals surface area contributed by atoms with Crippen LogP contribution < -0.4 is 19.7 Å². The number of ether oxygens (including phenoxy) is 2. The van der Waals surface area contributed by atoms with Gasteiger partial charge in [-0.1, -0.05) is 62.7 Å². The summed E-state index contributed by atoms with van der Waals surface area (Å²) in [4.78, 5) is 40.0. The zero-order chi connectivity index (χ0) is 29.7. The molecule has 0 aliphatic carbocycles. The van der Waals surface area contributed by atoms with Crippen molar-refractivity contribution in [3.8, 4) is 11.5 Å². The fourth-order valence-corrected chi connectivity index (χ4v) is 4.53. The lowest BCUT2D eigenvalue weighted by Gasteiger charge is -2.27. The van der Waals surface area contributed by atoms with Crippen LogP contribution in [0, 0.1) is 0 Å². The SMILES string of the molecule is C=CCc1cc(/C=C2\C(=O)NC(=O)N(c3ccc(C(C)(C)C)cc3)C2=O)cc(OCC)c1OCc1ccc(Cl)cc1. The molecule has 1 aliphatic rings. The summed E-state index contributed by atoms with van der Waals surface area (Å²) in [5.74, 6) is -0.483. The zero-order valence-electron chi connectivity index (χ0n) is 23.6. The molecule has 1 saturated heterocycles. The van der Waals surface area contributed by atoms with E-state index in [1.165, 1.54) is 6.08 Å². The van der Waals surface area contributed by atoms with E-state index in [1.54, 1.807) is 36.4 Å². The number of anilines is 1. The largest absolute Gasteiger partial charge is 0.490 e. The molecule has 0 bridgehead atoms. The maximum atomic E-state index is 13.5. The van der Waals surface area contributed by atoms with Gasteiger partial charge in [-0.15, -0.1) is 6.58 Å². The second-order valence-corrected chi connectivity index (χ2v) is 11.0. The lowest BCUT2D eigenvalue weighted by atomic mass is 9.87. The van der Waals surface area contributed by atoms with Crippen molar-refractivity contribution >= 4 is 41.2 Å². The normalized spacial score (nSPS) is 14.7. The molecular weight excluding hydrogens is 540 g/mol. The van der Waals surface area contributed by atoms with Crippen LogP contribution in [0.2, 0.25) is 5.02 Å². The topological polar surface area (TPSA) is 84.9 Å². The molecule has 1 heterocycles. The van der Waals surface area contributed by atoms with Gasteiger partial charge in [0, 0.05) is 10.6 Å². The van der Waals surface area contributed by atoms with Gasteiger partial charge in [0.15, 0.2) is 11.5 Å². The third-order valence-electron chi connectivity index (χ3n) is 6.52. The molecule has 3 aromatic carbocycles. The van der Waals surface area contributed by atoms with Crippen LogP contribution in [-0.2, 0) is 28.0 Å². The lowest BCUT2D eigenvalue weighted by Crippen LogP contribution is -2.54. The first-order valence-electron chi connectivity index (χ1n) is 13.3. The number of amides is 4. The van der Waals surface area contributed by atoms with Crippen LogP contribution in [0.5, 0.6) is 11.5 Å². The van der Waals surface area contributed by atoms with Crippen molar-refractivity contribution in [2.45, 2.75) is 46.1 Å². The number of rotatable bonds is 9. The van der Waals surface area contributed by atoms with E-state index >= 15 is 0 Å². The Kier molecular flexibility index (Phi) is 8.98. The molecule has 0 aromatic heterocycles. The van der Waals surface area contributed by atoms with Crippen molar-refractivity contribution in [3.63, 3.8) is 0 Å². The van der Waals surface area contributed by atoms with Crippen molar-refractivity contribution < 1.29 is 23.9 Å². The minimum absolute atomic E-state index is 0.0974. The molecule has 1 fully saturated rings. The van der Waals surface area contributed by atoms with E-state index in [9.17, 15) is 14.4 Å². The molecule has 0 spiro atoms. The summed E-state index contributed by atoms with van der Waals surface area (Å²) in [5, 5.41) is 2.92. The van der Waals surface area contributed by atoms with Gasteiger partial charge in [-0.3, -0.25) is 14.9 Å². The van der Waals surface area contributed by atoms with Gasteiger partial charge < -0.3 is 9.47 Å². The van der Waals surface area contributed by atoms with E-state index in [0.717, 1.165) is 21.6 Å². The third-order valence-corrected chi connectivity index (χ3v) is 6.77. The Hall–Kier alpha value is -4.36. The zero-order valence-corrected chi connectivity index (χ0v) is 24.4. The highest BCUT2D eigenvalue weighted by atomic mass is 35.5. The predicted molar refractivity (Wildman–Crippen MR) is 161 cm³/mol. The molecule has 4 rings (SSSR count). The van der Waals surface area contributed by atoms with Crippen molar-refractivity contribution in [2.75, 3.05) is 11.5 Å². The average molecular weight is 573 g/mol. The van der Waals surface area contributed by atoms with Gasteiger partial charge in [-0.05, 0) is 77.9 Å². The van der Waals surface area contributed by atoms with Gasteiger partial charge >= 0.3 is 6.03 Å². The van der Waals surface area contributed by atoms with Crippen LogP contribution in [0.1, 0.15) is 49.9 Å². The molecule has 0 saturated carbocycles. The molecule has 1 aliphatic heterocycles. The summed E-state index contributed by atoms with van der Waals surface area (Å²) >= 11 is 6.00. The highest BCUT2D eigenvalue weighted by Gasteiger charge is 2.37. The monoisotopic (exact) mass is 572 g/mol. The number of halogens is 1. The Bertz CT molecular complexity index is 1500. The highest BCUT2D eigenvalue weighted by Crippen LogP contribution is 2.36. The number of nitrogens with one attached hydrogen (secondary N) is 1. The first-order valence-corrected chi connectivity index (χ1v) is 13.7. The van der Waals surface area contributed by atoms with Gasteiger partial charge in [0.1, 0.15) is 12.2 Å². The van der Waals surface area contributed by atoms with Crippen molar-refractivity contribution in [1.29, 1.82) is 0 Å². The van der Waals surface area contributed by atoms with Crippen molar-refractivity contribution in [2.24, 2.45) is 0 Å². The van der Waals surface area contributed by atoms with Gasteiger partial charge in [0.2, 0.25) is 0 Å². The predicted octanol–water partition coefficient (Wildman–Crippen LogP) is 7.01. The number of hydrogen-bond acceptors (Lipinski definition) is 5. The summed E-state index contributed by atoms with van der Waals surface area (Å²) in [6.45, 7) is 12.6. The molecule has 0 unspecified atom stereocenters. The van der Waals surface area contributed by atoms with Crippen molar-refractivity contribution in [3.05, 3.63) is 106 Å². The average Bonchev–Trinajstić information content (AvgIpc) is 2.91. The fourth-order valence-electron chi connectivity index (χ4n) is 4.41. The number of imide groups is 2. The molecule has 41 heavy (non-hydrogen) atoms. The molecule has 7 nitrogen and oxygen atoms in total. The number of barbiturate groups is 1. The van der Waals surface area contributed by atoms with E-state index in [-0.39, 0.29) is 17.6 Å². The van der Waals surface area contributed by atoms with Crippen LogP contribution in [0.25, 0.3) is 6.08 Å². The number of nitrogens with zero attached hydrogens (tertiary/aromatic N) is 1. The van der Waals surface area contributed by atoms with E-state index in [4.69, 9.17) is 21.1 Å². The summed E-state index contributed by atoms with van der Waals surface area (Å²) in [6.07, 6.45) is 3.65. The van der Waals surface area contributed by atoms with E-state index < -0.39 is 17.8 Å². The Morgan fingerprint density at radius 2 is 1.66 bits per heavy atom. The molecule has 3 aromatic rings. The van der Waals surface area contributed by atoms with Gasteiger partial charge in [-0.25, -0.2) is 9.69 Å². The Morgan fingerprint density at radius 3 is 2.27 bits per heavy atom. The first kappa shape index (κ1) is 29.6. The number of benzene rings is 3. The standard InChI is InChI=1S/C33H33ClN2O5/c1-6-8-23-17-22(19-28(40-7-2)29(23)41-20-21-9-13-25(34)14-10-21)18-27-30(37)35-32(39)36(31(27)38)26-15-11-24(12-16-26)33(3,4)5/h6,9-19H,1,7-8,20H2,2-5H3,(H,35,37,39)/b27-18+. The number of allylic oxidation sites excluding steroid dienone is 1. The summed E-state index contributed by atoms with van der Waals surface area (Å²) in [5.41, 5.74) is 3.38. The Labute approximate surface area is 245 Å². The molecule has 0 radical (unpaired) electrons. The maximum Gasteiger partial charge on any atom is 0.335 e. The number of urea groups is 1. The van der Waals surface area contributed by atoms with Crippen LogP contribution in [0.3, 0.4) is 0 Å². The molecule has 1 N–H and O–H groups in total. The number of carbonyl (C=O) groups is 3. The summed E-state index contributed by atoms with van der Waals surface area (Å²) in [6, 6.07) is 17.2. The van der Waals surface area contributed by atoms with Gasteiger partial charge in [0.05, 0.1) is 12.3 Å². The molecule has 8 heteroatoms.